The van der Waals surface area contributed by atoms with Gasteiger partial charge in [-0.2, -0.15) is 0 Å². The van der Waals surface area contributed by atoms with Crippen LogP contribution >= 0.6 is 0 Å². The Balaban J connectivity index is 2.06. The van der Waals surface area contributed by atoms with Crippen LogP contribution in [0.25, 0.3) is 0 Å². The number of hydrogen-bond donors (Lipinski definition) is 2. The third-order valence-corrected chi connectivity index (χ3v) is 3.41. The maximum atomic E-state index is 13.2. The number of benzene rings is 1. The monoisotopic (exact) mass is 236 g/mol. The van der Waals surface area contributed by atoms with E-state index in [0.717, 1.165) is 18.7 Å². The molecule has 1 aromatic carbocycles. The Kier molecular flexibility index (Phi) is 3.79. The molecule has 1 atom stereocenters. The lowest BCUT2D eigenvalue weighted by molar-refractivity contribution is 0.293. The normalized spacial score (nSPS) is 21.5. The van der Waals surface area contributed by atoms with Crippen LogP contribution in [-0.2, 0) is 5.54 Å². The molecule has 1 saturated heterocycles. The van der Waals surface area contributed by atoms with Gasteiger partial charge >= 0.3 is 0 Å². The zero-order valence-corrected chi connectivity index (χ0v) is 10.6. The highest BCUT2D eigenvalue weighted by Gasteiger charge is 2.25. The highest BCUT2D eigenvalue weighted by atomic mass is 19.1. The predicted molar refractivity (Wildman–Crippen MR) is 68.5 cm³/mol. The van der Waals surface area contributed by atoms with Gasteiger partial charge in [0.2, 0.25) is 0 Å². The fourth-order valence-corrected chi connectivity index (χ4v) is 2.45. The van der Waals surface area contributed by atoms with E-state index in [2.05, 4.69) is 24.5 Å². The molecule has 1 aliphatic heterocycles. The maximum Gasteiger partial charge on any atom is 0.123 e. The van der Waals surface area contributed by atoms with Crippen LogP contribution in [0.3, 0.4) is 0 Å². The van der Waals surface area contributed by atoms with Gasteiger partial charge in [-0.05, 0) is 50.9 Å². The van der Waals surface area contributed by atoms with E-state index >= 15 is 0 Å². The summed E-state index contributed by atoms with van der Waals surface area (Å²) in [7, 11) is 0. The maximum absolute atomic E-state index is 13.2. The molecule has 0 bridgehead atoms. The minimum absolute atomic E-state index is 0.167. The smallest absolute Gasteiger partial charge is 0.123 e. The van der Waals surface area contributed by atoms with Crippen LogP contribution in [0.2, 0.25) is 0 Å². The average molecular weight is 236 g/mol. The average Bonchev–Trinajstić information content (AvgIpc) is 2.30. The first-order valence-electron chi connectivity index (χ1n) is 6.32. The minimum Gasteiger partial charge on any atom is -0.315 e. The largest absolute Gasteiger partial charge is 0.315 e. The summed E-state index contributed by atoms with van der Waals surface area (Å²) >= 11 is 0. The van der Waals surface area contributed by atoms with E-state index in [1.807, 2.05) is 6.07 Å². The Hall–Kier alpha value is -0.930. The number of rotatable bonds is 3. The summed E-state index contributed by atoms with van der Waals surface area (Å²) in [5, 5.41) is 6.99. The zero-order chi connectivity index (χ0) is 12.3. The third kappa shape index (κ3) is 3.27. The SMILES string of the molecule is CC(C)(NC1CCCNC1)c1cccc(F)c1. The summed E-state index contributed by atoms with van der Waals surface area (Å²) in [4.78, 5) is 0. The first-order chi connectivity index (χ1) is 8.08. The molecule has 2 N–H and O–H groups in total. The molecule has 0 amide bonds. The molecular formula is C14H21FN2. The summed E-state index contributed by atoms with van der Waals surface area (Å²) < 4.78 is 13.2. The first kappa shape index (κ1) is 12.5. The zero-order valence-electron chi connectivity index (χ0n) is 10.6. The molecule has 1 unspecified atom stereocenters. The molecule has 94 valence electrons. The molecule has 3 heteroatoms. The fraction of sp³-hybridized carbons (Fsp3) is 0.571. The van der Waals surface area contributed by atoms with E-state index in [4.69, 9.17) is 0 Å². The van der Waals surface area contributed by atoms with Crippen molar-refractivity contribution >= 4 is 0 Å². The van der Waals surface area contributed by atoms with Crippen molar-refractivity contribution in [3.63, 3.8) is 0 Å². The van der Waals surface area contributed by atoms with Gasteiger partial charge in [0, 0.05) is 18.1 Å². The van der Waals surface area contributed by atoms with Crippen molar-refractivity contribution in [2.75, 3.05) is 13.1 Å². The molecule has 1 aliphatic rings. The predicted octanol–water partition coefficient (Wildman–Crippen LogP) is 2.40. The molecule has 2 rings (SSSR count). The van der Waals surface area contributed by atoms with Crippen molar-refractivity contribution in [3.05, 3.63) is 35.6 Å². The lowest BCUT2D eigenvalue weighted by Crippen LogP contribution is -2.50. The lowest BCUT2D eigenvalue weighted by Gasteiger charge is -2.34. The summed E-state index contributed by atoms with van der Waals surface area (Å²) in [6.45, 7) is 6.32. The number of piperidine rings is 1. The van der Waals surface area contributed by atoms with E-state index < -0.39 is 0 Å². The van der Waals surface area contributed by atoms with Crippen molar-refractivity contribution in [1.29, 1.82) is 0 Å². The summed E-state index contributed by atoms with van der Waals surface area (Å²) in [6.07, 6.45) is 2.39. The number of halogens is 1. The van der Waals surface area contributed by atoms with Crippen molar-refractivity contribution in [2.24, 2.45) is 0 Å². The van der Waals surface area contributed by atoms with E-state index in [9.17, 15) is 4.39 Å². The Morgan fingerprint density at radius 1 is 1.41 bits per heavy atom. The van der Waals surface area contributed by atoms with Crippen LogP contribution in [0, 0.1) is 5.82 Å². The van der Waals surface area contributed by atoms with Crippen molar-refractivity contribution in [3.8, 4) is 0 Å². The second kappa shape index (κ2) is 5.15. The van der Waals surface area contributed by atoms with Gasteiger partial charge in [0.25, 0.3) is 0 Å². The van der Waals surface area contributed by atoms with Gasteiger partial charge in [-0.25, -0.2) is 4.39 Å². The Bertz CT molecular complexity index is 370. The molecule has 1 heterocycles. The van der Waals surface area contributed by atoms with Gasteiger partial charge in [-0.15, -0.1) is 0 Å². The van der Waals surface area contributed by atoms with Gasteiger partial charge in [0.1, 0.15) is 5.82 Å². The van der Waals surface area contributed by atoms with Gasteiger partial charge in [-0.3, -0.25) is 0 Å². The molecule has 0 saturated carbocycles. The van der Waals surface area contributed by atoms with E-state index in [0.29, 0.717) is 6.04 Å². The minimum atomic E-state index is -0.189. The Morgan fingerprint density at radius 3 is 2.88 bits per heavy atom. The van der Waals surface area contributed by atoms with Crippen molar-refractivity contribution in [2.45, 2.75) is 38.3 Å². The van der Waals surface area contributed by atoms with Crippen LogP contribution in [0.15, 0.2) is 24.3 Å². The Morgan fingerprint density at radius 2 is 2.24 bits per heavy atom. The molecule has 0 spiro atoms. The van der Waals surface area contributed by atoms with Crippen molar-refractivity contribution < 1.29 is 4.39 Å². The van der Waals surface area contributed by atoms with Crippen LogP contribution in [0.5, 0.6) is 0 Å². The van der Waals surface area contributed by atoms with Gasteiger partial charge in [-0.1, -0.05) is 12.1 Å². The number of nitrogens with one attached hydrogen (secondary N) is 2. The second-order valence-corrected chi connectivity index (χ2v) is 5.32. The molecule has 17 heavy (non-hydrogen) atoms. The van der Waals surface area contributed by atoms with E-state index in [-0.39, 0.29) is 11.4 Å². The third-order valence-electron chi connectivity index (χ3n) is 3.41. The van der Waals surface area contributed by atoms with Gasteiger partial charge < -0.3 is 10.6 Å². The molecular weight excluding hydrogens is 215 g/mol. The molecule has 1 aromatic rings. The quantitative estimate of drug-likeness (QED) is 0.842. The van der Waals surface area contributed by atoms with Crippen LogP contribution < -0.4 is 10.6 Å². The lowest BCUT2D eigenvalue weighted by atomic mass is 9.92. The highest BCUT2D eigenvalue weighted by Crippen LogP contribution is 2.22. The standard InChI is InChI=1S/C14H21FN2/c1-14(2,11-5-3-6-12(15)9-11)17-13-7-4-8-16-10-13/h3,5-6,9,13,16-17H,4,7-8,10H2,1-2H3. The van der Waals surface area contributed by atoms with E-state index in [1.165, 1.54) is 18.9 Å². The number of hydrogen-bond acceptors (Lipinski definition) is 2. The fourth-order valence-electron chi connectivity index (χ4n) is 2.45. The van der Waals surface area contributed by atoms with Crippen molar-refractivity contribution in [1.82, 2.24) is 10.6 Å². The molecule has 0 aliphatic carbocycles. The Labute approximate surface area is 103 Å². The summed E-state index contributed by atoms with van der Waals surface area (Å²) in [5.41, 5.74) is 0.814. The molecule has 0 radical (unpaired) electrons. The molecule has 2 nitrogen and oxygen atoms in total. The highest BCUT2D eigenvalue weighted by molar-refractivity contribution is 5.23. The van der Waals surface area contributed by atoms with E-state index in [1.54, 1.807) is 12.1 Å². The molecule has 0 aromatic heterocycles. The van der Waals surface area contributed by atoms with Crippen LogP contribution in [0.1, 0.15) is 32.3 Å². The second-order valence-electron chi connectivity index (χ2n) is 5.32. The van der Waals surface area contributed by atoms with Gasteiger partial charge in [0.15, 0.2) is 0 Å². The summed E-state index contributed by atoms with van der Waals surface area (Å²) in [6, 6.07) is 7.33. The first-order valence-corrected chi connectivity index (χ1v) is 6.32. The molecule has 1 fully saturated rings. The van der Waals surface area contributed by atoms with Gasteiger partial charge in [0.05, 0.1) is 0 Å². The van der Waals surface area contributed by atoms with Crippen LogP contribution in [0.4, 0.5) is 4.39 Å². The van der Waals surface area contributed by atoms with Crippen LogP contribution in [-0.4, -0.2) is 19.1 Å². The summed E-state index contributed by atoms with van der Waals surface area (Å²) in [5.74, 6) is -0.167. The topological polar surface area (TPSA) is 24.1 Å².